The van der Waals surface area contributed by atoms with E-state index in [0.29, 0.717) is 6.67 Å². The Morgan fingerprint density at radius 3 is 2.22 bits per heavy atom. The average molecular weight is 758 g/mol. The third kappa shape index (κ3) is 5.30. The Hall–Kier alpha value is -6.99. The second-order valence-corrected chi connectivity index (χ2v) is 17.1. The molecule has 5 heterocycles. The highest BCUT2D eigenvalue weighted by Crippen LogP contribution is 2.60. The van der Waals surface area contributed by atoms with E-state index in [1.54, 1.807) is 0 Å². The first kappa shape index (κ1) is 34.3. The van der Waals surface area contributed by atoms with Gasteiger partial charge in [-0.1, -0.05) is 89.2 Å². The molecule has 0 atom stereocenters. The van der Waals surface area contributed by atoms with E-state index in [1.165, 1.54) is 27.8 Å². The van der Waals surface area contributed by atoms with Crippen LogP contribution in [0.3, 0.4) is 0 Å². The van der Waals surface area contributed by atoms with Crippen molar-refractivity contribution in [1.82, 2.24) is 9.55 Å². The lowest BCUT2D eigenvalue weighted by atomic mass is 9.73. The van der Waals surface area contributed by atoms with Gasteiger partial charge in [-0.05, 0) is 88.8 Å². The minimum absolute atomic E-state index is 0.000900. The van der Waals surface area contributed by atoms with Gasteiger partial charge in [0, 0.05) is 64.4 Å². The van der Waals surface area contributed by atoms with Crippen LogP contribution in [0.25, 0.3) is 27.6 Å². The predicted octanol–water partition coefficient (Wildman–Crippen LogP) is 13.2. The Morgan fingerprint density at radius 1 is 0.621 bits per heavy atom. The zero-order valence-electron chi connectivity index (χ0n) is 33.3. The number of aromatic nitrogens is 2. The highest BCUT2D eigenvalue weighted by molar-refractivity contribution is 6.09. The summed E-state index contributed by atoms with van der Waals surface area (Å²) in [6.45, 7) is 12.0. The van der Waals surface area contributed by atoms with Gasteiger partial charge in [0.25, 0.3) is 0 Å². The molecule has 11 rings (SSSR count). The van der Waals surface area contributed by atoms with Crippen molar-refractivity contribution in [2.24, 2.45) is 0 Å². The number of fused-ring (bicyclic) bond motifs is 7. The van der Waals surface area contributed by atoms with Crippen molar-refractivity contribution < 1.29 is 9.47 Å². The number of rotatable bonds is 5. The molecule has 6 aromatic carbocycles. The quantitative estimate of drug-likeness (QED) is 0.174. The van der Waals surface area contributed by atoms with Crippen LogP contribution in [-0.2, 0) is 10.8 Å². The molecule has 0 saturated carbocycles. The van der Waals surface area contributed by atoms with E-state index in [2.05, 4.69) is 194 Å². The Kier molecular flexibility index (Phi) is 7.39. The lowest BCUT2D eigenvalue weighted by molar-refractivity contribution is 0.471. The van der Waals surface area contributed by atoms with E-state index in [1.807, 2.05) is 18.3 Å². The zero-order valence-corrected chi connectivity index (χ0v) is 33.3. The molecule has 0 unspecified atom stereocenters. The molecule has 2 aromatic heterocycles. The van der Waals surface area contributed by atoms with Gasteiger partial charge < -0.3 is 24.2 Å². The molecular weight excluding hydrogens is 715 g/mol. The molecule has 0 radical (unpaired) electrons. The summed E-state index contributed by atoms with van der Waals surface area (Å²) in [4.78, 5) is 11.8. The lowest BCUT2D eigenvalue weighted by Crippen LogP contribution is -2.33. The molecule has 7 nitrogen and oxygen atoms in total. The largest absolute Gasteiger partial charge is 0.457 e. The maximum absolute atomic E-state index is 6.68. The molecule has 0 N–H and O–H groups in total. The number of anilines is 5. The second-order valence-electron chi connectivity index (χ2n) is 17.1. The Morgan fingerprint density at radius 2 is 1.36 bits per heavy atom. The fraction of sp³-hybridized carbons (Fsp3) is 0.157. The molecule has 8 aromatic rings. The highest BCUT2D eigenvalue weighted by Gasteiger charge is 2.42. The van der Waals surface area contributed by atoms with Crippen molar-refractivity contribution in [3.63, 3.8) is 0 Å². The van der Waals surface area contributed by atoms with Gasteiger partial charge >= 0.3 is 0 Å². The number of benzene rings is 6. The van der Waals surface area contributed by atoms with Gasteiger partial charge in [-0.25, -0.2) is 4.98 Å². The van der Waals surface area contributed by atoms with Crippen molar-refractivity contribution in [3.05, 3.63) is 175 Å². The average Bonchev–Trinajstić information content (AvgIpc) is 3.86. The van der Waals surface area contributed by atoms with Gasteiger partial charge in [-0.2, -0.15) is 0 Å². The molecule has 58 heavy (non-hydrogen) atoms. The molecule has 0 fully saturated rings. The van der Waals surface area contributed by atoms with Crippen molar-refractivity contribution in [2.75, 3.05) is 21.4 Å². The van der Waals surface area contributed by atoms with Gasteiger partial charge in [0.05, 0.1) is 34.8 Å². The Bertz CT molecular complexity index is 2990. The second kappa shape index (κ2) is 12.5. The fourth-order valence-corrected chi connectivity index (χ4v) is 8.99. The summed E-state index contributed by atoms with van der Waals surface area (Å²) in [5.74, 6) is 4.15. The SMILES string of the molecule is CC(C)(C)c1ccnc(-n2c3ccccc3c3ccc(Oc4cccc(N5C=CN(c6cc7c8c(c6)C(C)(C)c6ccccc6N8c6ccccc6O7)C5)c4)cc32)c1. The van der Waals surface area contributed by atoms with Crippen LogP contribution in [0.15, 0.2) is 158 Å². The maximum Gasteiger partial charge on any atom is 0.153 e. The summed E-state index contributed by atoms with van der Waals surface area (Å²) in [5.41, 5.74) is 11.2. The number of hydrogen-bond acceptors (Lipinski definition) is 6. The zero-order chi connectivity index (χ0) is 39.3. The maximum atomic E-state index is 6.68. The summed E-state index contributed by atoms with van der Waals surface area (Å²) in [6, 6.07) is 49.1. The van der Waals surface area contributed by atoms with Gasteiger partial charge in [-0.3, -0.25) is 4.57 Å². The summed E-state index contributed by atoms with van der Waals surface area (Å²) in [5, 5.41) is 2.35. The third-order valence-electron chi connectivity index (χ3n) is 12.0. The molecule has 0 bridgehead atoms. The number of hydrogen-bond donors (Lipinski definition) is 0. The molecule has 3 aliphatic rings. The van der Waals surface area contributed by atoms with E-state index >= 15 is 0 Å². The lowest BCUT2D eigenvalue weighted by Gasteiger charge is -2.45. The third-order valence-corrected chi connectivity index (χ3v) is 12.0. The monoisotopic (exact) mass is 757 g/mol. The van der Waals surface area contributed by atoms with Crippen molar-refractivity contribution in [2.45, 2.75) is 45.4 Å². The van der Waals surface area contributed by atoms with E-state index in [0.717, 1.165) is 68.0 Å². The molecule has 3 aliphatic heterocycles. The minimum Gasteiger partial charge on any atom is -0.457 e. The van der Waals surface area contributed by atoms with Gasteiger partial charge in [0.1, 0.15) is 17.3 Å². The molecule has 0 spiro atoms. The van der Waals surface area contributed by atoms with Crippen molar-refractivity contribution in [3.8, 4) is 28.8 Å². The standard InChI is InChI=1S/C51H43N5O2/c1-50(2,3)33-23-24-52-48(27-33)55-42-17-8-6-15-38(42)39-22-21-37(31-45(39)55)57-36-14-12-13-34(28-36)53-25-26-54(32-53)35-29-41-49-47(30-35)58-46-20-11-10-19-44(46)56(49)43-18-9-7-16-40(43)51(41,4)5/h6-31H,32H2,1-5H3. The summed E-state index contributed by atoms with van der Waals surface area (Å²) in [7, 11) is 0. The predicted molar refractivity (Wildman–Crippen MR) is 236 cm³/mol. The van der Waals surface area contributed by atoms with Crippen molar-refractivity contribution >= 4 is 50.2 Å². The molecule has 7 heteroatoms. The molecular formula is C51H43N5O2. The van der Waals surface area contributed by atoms with Crippen LogP contribution in [-0.4, -0.2) is 16.2 Å². The van der Waals surface area contributed by atoms with Crippen LogP contribution in [0.4, 0.5) is 28.4 Å². The first-order valence-corrected chi connectivity index (χ1v) is 20.0. The number of para-hydroxylation sites is 4. The molecule has 0 saturated heterocycles. The van der Waals surface area contributed by atoms with Gasteiger partial charge in [0.2, 0.25) is 0 Å². The highest BCUT2D eigenvalue weighted by atomic mass is 16.5. The summed E-state index contributed by atoms with van der Waals surface area (Å²) >= 11 is 0. The van der Waals surface area contributed by atoms with E-state index < -0.39 is 0 Å². The van der Waals surface area contributed by atoms with Crippen LogP contribution in [0.1, 0.15) is 51.3 Å². The normalized spacial score (nSPS) is 15.0. The van der Waals surface area contributed by atoms with Crippen LogP contribution >= 0.6 is 0 Å². The summed E-state index contributed by atoms with van der Waals surface area (Å²) in [6.07, 6.45) is 6.20. The van der Waals surface area contributed by atoms with Gasteiger partial charge in [-0.15, -0.1) is 0 Å². The first-order valence-electron chi connectivity index (χ1n) is 20.0. The number of ether oxygens (including phenoxy) is 2. The van der Waals surface area contributed by atoms with Crippen LogP contribution in [0.5, 0.6) is 23.0 Å². The molecule has 0 amide bonds. The van der Waals surface area contributed by atoms with E-state index in [9.17, 15) is 0 Å². The smallest absolute Gasteiger partial charge is 0.153 e. The number of pyridine rings is 1. The topological polar surface area (TPSA) is 46.0 Å². The summed E-state index contributed by atoms with van der Waals surface area (Å²) < 4.78 is 15.6. The Labute approximate surface area is 338 Å². The van der Waals surface area contributed by atoms with Gasteiger partial charge in [0.15, 0.2) is 11.5 Å². The van der Waals surface area contributed by atoms with E-state index in [4.69, 9.17) is 14.5 Å². The van der Waals surface area contributed by atoms with Crippen molar-refractivity contribution in [1.29, 1.82) is 0 Å². The molecule has 0 aliphatic carbocycles. The Balaban J connectivity index is 0.900. The van der Waals surface area contributed by atoms with Crippen LogP contribution in [0, 0.1) is 0 Å². The fourth-order valence-electron chi connectivity index (χ4n) is 8.99. The van der Waals surface area contributed by atoms with Crippen LogP contribution in [0.2, 0.25) is 0 Å². The van der Waals surface area contributed by atoms with Crippen LogP contribution < -0.4 is 24.2 Å². The first-order chi connectivity index (χ1) is 28.1. The van der Waals surface area contributed by atoms with E-state index in [-0.39, 0.29) is 10.8 Å². The molecule has 284 valence electrons. The minimum atomic E-state index is -0.234. The number of nitrogens with zero attached hydrogens (tertiary/aromatic N) is 5.